The molecule has 1 aromatic heterocycles. The van der Waals surface area contributed by atoms with Gasteiger partial charge < -0.3 is 5.32 Å². The molecule has 0 aromatic carbocycles. The first-order valence-corrected chi connectivity index (χ1v) is 6.36. The first kappa shape index (κ1) is 10.3. The molecule has 2 aliphatic heterocycles. The lowest BCUT2D eigenvalue weighted by Gasteiger charge is -2.36. The SMILES string of the molecule is c1cnn(CCN2CCCC3CNCC32)c1. The molecule has 3 heterocycles. The lowest BCUT2D eigenvalue weighted by atomic mass is 9.92. The van der Waals surface area contributed by atoms with E-state index in [1.165, 1.54) is 32.5 Å². The second-order valence-corrected chi connectivity index (χ2v) is 4.93. The minimum Gasteiger partial charge on any atom is -0.315 e. The van der Waals surface area contributed by atoms with Crippen LogP contribution in [0.2, 0.25) is 0 Å². The van der Waals surface area contributed by atoms with Gasteiger partial charge in [0.25, 0.3) is 0 Å². The van der Waals surface area contributed by atoms with Crippen molar-refractivity contribution in [2.24, 2.45) is 5.92 Å². The number of piperidine rings is 1. The Morgan fingerprint density at radius 1 is 1.31 bits per heavy atom. The van der Waals surface area contributed by atoms with Gasteiger partial charge in [-0.15, -0.1) is 0 Å². The summed E-state index contributed by atoms with van der Waals surface area (Å²) in [5.41, 5.74) is 0. The van der Waals surface area contributed by atoms with Crippen LogP contribution >= 0.6 is 0 Å². The minimum atomic E-state index is 0.782. The molecule has 2 fully saturated rings. The number of nitrogens with zero attached hydrogens (tertiary/aromatic N) is 3. The van der Waals surface area contributed by atoms with Crippen molar-refractivity contribution in [1.82, 2.24) is 20.0 Å². The van der Waals surface area contributed by atoms with Gasteiger partial charge in [-0.2, -0.15) is 5.10 Å². The molecule has 88 valence electrons. The summed E-state index contributed by atoms with van der Waals surface area (Å²) in [6.07, 6.45) is 6.68. The van der Waals surface area contributed by atoms with Crippen LogP contribution in [-0.2, 0) is 6.54 Å². The highest BCUT2D eigenvalue weighted by atomic mass is 15.3. The highest BCUT2D eigenvalue weighted by Gasteiger charge is 2.34. The zero-order valence-corrected chi connectivity index (χ0v) is 9.68. The van der Waals surface area contributed by atoms with Crippen LogP contribution in [0.3, 0.4) is 0 Å². The average Bonchev–Trinajstić information content (AvgIpc) is 2.97. The van der Waals surface area contributed by atoms with E-state index in [9.17, 15) is 0 Å². The van der Waals surface area contributed by atoms with Gasteiger partial charge in [0.05, 0.1) is 6.54 Å². The third-order valence-electron chi connectivity index (χ3n) is 3.97. The smallest absolute Gasteiger partial charge is 0.0536 e. The van der Waals surface area contributed by atoms with Crippen LogP contribution < -0.4 is 5.32 Å². The van der Waals surface area contributed by atoms with Gasteiger partial charge in [0, 0.05) is 31.5 Å². The van der Waals surface area contributed by atoms with E-state index in [2.05, 4.69) is 15.3 Å². The normalized spacial score (nSPS) is 30.5. The Bertz CT molecular complexity index is 322. The van der Waals surface area contributed by atoms with Crippen molar-refractivity contribution in [3.8, 4) is 0 Å². The highest BCUT2D eigenvalue weighted by Crippen LogP contribution is 2.25. The van der Waals surface area contributed by atoms with Crippen molar-refractivity contribution in [3.05, 3.63) is 18.5 Å². The maximum Gasteiger partial charge on any atom is 0.0536 e. The van der Waals surface area contributed by atoms with Crippen LogP contribution in [0.25, 0.3) is 0 Å². The Morgan fingerprint density at radius 2 is 2.31 bits per heavy atom. The van der Waals surface area contributed by atoms with Crippen molar-refractivity contribution in [1.29, 1.82) is 0 Å². The Kier molecular flexibility index (Phi) is 2.93. The topological polar surface area (TPSA) is 33.1 Å². The molecule has 4 heteroatoms. The van der Waals surface area contributed by atoms with Crippen molar-refractivity contribution < 1.29 is 0 Å². The fourth-order valence-electron chi connectivity index (χ4n) is 3.10. The summed E-state index contributed by atoms with van der Waals surface area (Å²) in [7, 11) is 0. The highest BCUT2D eigenvalue weighted by molar-refractivity contribution is 4.92. The number of fused-ring (bicyclic) bond motifs is 1. The van der Waals surface area contributed by atoms with E-state index in [1.54, 1.807) is 0 Å². The van der Waals surface area contributed by atoms with E-state index < -0.39 is 0 Å². The minimum absolute atomic E-state index is 0.782. The zero-order chi connectivity index (χ0) is 10.8. The fraction of sp³-hybridized carbons (Fsp3) is 0.750. The third kappa shape index (κ3) is 1.99. The van der Waals surface area contributed by atoms with Crippen LogP contribution in [0.1, 0.15) is 12.8 Å². The summed E-state index contributed by atoms with van der Waals surface area (Å²) in [6, 6.07) is 2.78. The third-order valence-corrected chi connectivity index (χ3v) is 3.97. The molecule has 0 amide bonds. The predicted octanol–water partition coefficient (Wildman–Crippen LogP) is 0.567. The molecule has 0 spiro atoms. The summed E-state index contributed by atoms with van der Waals surface area (Å²) in [5.74, 6) is 0.895. The van der Waals surface area contributed by atoms with E-state index in [4.69, 9.17) is 0 Å². The van der Waals surface area contributed by atoms with Gasteiger partial charge in [-0.1, -0.05) is 0 Å². The van der Waals surface area contributed by atoms with Crippen molar-refractivity contribution in [2.75, 3.05) is 26.2 Å². The molecule has 16 heavy (non-hydrogen) atoms. The molecule has 0 bridgehead atoms. The van der Waals surface area contributed by atoms with Gasteiger partial charge >= 0.3 is 0 Å². The van der Waals surface area contributed by atoms with Crippen molar-refractivity contribution in [3.63, 3.8) is 0 Å². The molecule has 0 aliphatic carbocycles. The average molecular weight is 220 g/mol. The number of nitrogens with one attached hydrogen (secondary N) is 1. The van der Waals surface area contributed by atoms with Crippen LogP contribution in [0.5, 0.6) is 0 Å². The van der Waals surface area contributed by atoms with Gasteiger partial charge in [-0.25, -0.2) is 0 Å². The number of rotatable bonds is 3. The van der Waals surface area contributed by atoms with Crippen LogP contribution in [-0.4, -0.2) is 46.9 Å². The quantitative estimate of drug-likeness (QED) is 0.808. The van der Waals surface area contributed by atoms with Gasteiger partial charge in [-0.05, 0) is 37.9 Å². The van der Waals surface area contributed by atoms with Crippen LogP contribution in [0, 0.1) is 5.92 Å². The van der Waals surface area contributed by atoms with Gasteiger partial charge in [-0.3, -0.25) is 9.58 Å². The van der Waals surface area contributed by atoms with Crippen molar-refractivity contribution >= 4 is 0 Å². The van der Waals surface area contributed by atoms with E-state index >= 15 is 0 Å². The number of likely N-dealkylation sites (tertiary alicyclic amines) is 1. The molecule has 2 atom stereocenters. The van der Waals surface area contributed by atoms with Gasteiger partial charge in [0.1, 0.15) is 0 Å². The molecular formula is C12H20N4. The standard InChI is InChI=1S/C12H20N4/c1-3-11-9-13-10-12(11)15(5-1)7-8-16-6-2-4-14-16/h2,4,6,11-13H,1,3,5,7-10H2. The molecular weight excluding hydrogens is 200 g/mol. The second-order valence-electron chi connectivity index (χ2n) is 4.93. The number of hydrogen-bond acceptors (Lipinski definition) is 3. The molecule has 1 aromatic rings. The summed E-state index contributed by atoms with van der Waals surface area (Å²) in [4.78, 5) is 2.65. The van der Waals surface area contributed by atoms with Crippen LogP contribution in [0.4, 0.5) is 0 Å². The molecule has 0 saturated carbocycles. The Hall–Kier alpha value is -0.870. The lowest BCUT2D eigenvalue weighted by Crippen LogP contribution is -2.46. The first-order valence-electron chi connectivity index (χ1n) is 6.36. The maximum atomic E-state index is 4.26. The van der Waals surface area contributed by atoms with Gasteiger partial charge in [0.2, 0.25) is 0 Å². The Labute approximate surface area is 96.6 Å². The molecule has 2 unspecified atom stereocenters. The largest absolute Gasteiger partial charge is 0.315 e. The lowest BCUT2D eigenvalue weighted by molar-refractivity contribution is 0.119. The Balaban J connectivity index is 1.57. The van der Waals surface area contributed by atoms with Crippen molar-refractivity contribution in [2.45, 2.75) is 25.4 Å². The zero-order valence-electron chi connectivity index (χ0n) is 9.68. The molecule has 0 radical (unpaired) electrons. The summed E-state index contributed by atoms with van der Waals surface area (Å²) in [6.45, 7) is 5.84. The number of hydrogen-bond donors (Lipinski definition) is 1. The van der Waals surface area contributed by atoms with E-state index in [0.717, 1.165) is 25.0 Å². The summed E-state index contributed by atoms with van der Waals surface area (Å²) in [5, 5.41) is 7.78. The van der Waals surface area contributed by atoms with Gasteiger partial charge in [0.15, 0.2) is 0 Å². The maximum absolute atomic E-state index is 4.26. The van der Waals surface area contributed by atoms with E-state index in [1.807, 2.05) is 23.1 Å². The molecule has 1 N–H and O–H groups in total. The van der Waals surface area contributed by atoms with E-state index in [0.29, 0.717) is 0 Å². The molecule has 2 aliphatic rings. The molecule has 4 nitrogen and oxygen atoms in total. The predicted molar refractivity (Wildman–Crippen MR) is 63.2 cm³/mol. The fourth-order valence-corrected chi connectivity index (χ4v) is 3.10. The summed E-state index contributed by atoms with van der Waals surface area (Å²) < 4.78 is 2.03. The molecule has 2 saturated heterocycles. The second kappa shape index (κ2) is 4.55. The summed E-state index contributed by atoms with van der Waals surface area (Å²) >= 11 is 0. The Morgan fingerprint density at radius 3 is 3.19 bits per heavy atom. The first-order chi connectivity index (χ1) is 7.93. The monoisotopic (exact) mass is 220 g/mol. The molecule has 3 rings (SSSR count). The van der Waals surface area contributed by atoms with Crippen LogP contribution in [0.15, 0.2) is 18.5 Å². The van der Waals surface area contributed by atoms with E-state index in [-0.39, 0.29) is 0 Å². The number of aromatic nitrogens is 2.